The highest BCUT2D eigenvalue weighted by Gasteiger charge is 2.56. The van der Waals surface area contributed by atoms with Gasteiger partial charge in [-0.15, -0.1) is 0 Å². The van der Waals surface area contributed by atoms with Crippen LogP contribution in [0, 0.1) is 45.3 Å². The van der Waals surface area contributed by atoms with Crippen molar-refractivity contribution in [2.45, 2.75) is 76.0 Å². The van der Waals surface area contributed by atoms with Gasteiger partial charge in [0.25, 0.3) is 0 Å². The van der Waals surface area contributed by atoms with Gasteiger partial charge in [0.05, 0.1) is 37.0 Å². The Bertz CT molecular complexity index is 2540. The van der Waals surface area contributed by atoms with Gasteiger partial charge in [0, 0.05) is 34.8 Å². The molecule has 6 aromatic rings. The molecule has 0 spiro atoms. The van der Waals surface area contributed by atoms with Crippen molar-refractivity contribution in [3.05, 3.63) is 153 Å². The van der Waals surface area contributed by atoms with E-state index in [0.717, 1.165) is 33.4 Å². The molecule has 0 aliphatic heterocycles. The maximum Gasteiger partial charge on any atom is 0.177 e. The van der Waals surface area contributed by atoms with E-state index >= 15 is 0 Å². The first-order chi connectivity index (χ1) is 28.7. The Kier molecular flexibility index (Phi) is 10.9. The molecule has 0 saturated heterocycles. The van der Waals surface area contributed by atoms with Crippen LogP contribution in [0.15, 0.2) is 97.1 Å². The molecule has 60 heavy (non-hydrogen) atoms. The molecule has 2 aromatic heterocycles. The molecule has 0 N–H and O–H groups in total. The number of hydrogen-bond donors (Lipinski definition) is 0. The van der Waals surface area contributed by atoms with Crippen molar-refractivity contribution in [3.8, 4) is 58.3 Å². The first-order valence-corrected chi connectivity index (χ1v) is 19.7. The number of benzene rings is 4. The molecular formula is C50H44N8O2. The molecule has 10 heteroatoms. The number of nitrogens with zero attached hydrogens (tertiary/aromatic N) is 8. The SMILES string of the molecule is COc1ccc(C2C(c3nc(C#N)c(C#N)nc3-c3ccc(C(C)(C)C)cc3)C(c3ccc(OC)cc3)C2c2nc(C#N)c(C#N)nc2-c2ccc(C(C)(C)C)cc2)cc1. The average molecular weight is 789 g/mol. The number of ether oxygens (including phenoxy) is 2. The lowest BCUT2D eigenvalue weighted by molar-refractivity contribution is 0.220. The van der Waals surface area contributed by atoms with Gasteiger partial charge >= 0.3 is 0 Å². The second-order valence-corrected chi connectivity index (χ2v) is 17.1. The molecule has 7 rings (SSSR count). The molecule has 1 aliphatic rings. The summed E-state index contributed by atoms with van der Waals surface area (Å²) in [6.45, 7) is 12.9. The van der Waals surface area contributed by atoms with Crippen molar-refractivity contribution in [2.24, 2.45) is 0 Å². The maximum atomic E-state index is 10.4. The smallest absolute Gasteiger partial charge is 0.177 e. The quantitative estimate of drug-likeness (QED) is 0.145. The fourth-order valence-corrected chi connectivity index (χ4v) is 8.26. The minimum atomic E-state index is -0.444. The number of methoxy groups -OCH3 is 2. The fraction of sp³-hybridized carbons (Fsp3) is 0.280. The highest BCUT2D eigenvalue weighted by molar-refractivity contribution is 5.69. The predicted molar refractivity (Wildman–Crippen MR) is 228 cm³/mol. The van der Waals surface area contributed by atoms with E-state index in [1.54, 1.807) is 14.2 Å². The Labute approximate surface area is 351 Å². The van der Waals surface area contributed by atoms with Crippen molar-refractivity contribution in [1.29, 1.82) is 21.0 Å². The third-order valence-corrected chi connectivity index (χ3v) is 11.5. The minimum absolute atomic E-state index is 0.0633. The summed E-state index contributed by atoms with van der Waals surface area (Å²) >= 11 is 0. The van der Waals surface area contributed by atoms with Crippen LogP contribution >= 0.6 is 0 Å². The Hall–Kier alpha value is -7.40. The zero-order chi connectivity index (χ0) is 42.9. The lowest BCUT2D eigenvalue weighted by Gasteiger charge is -2.53. The third-order valence-electron chi connectivity index (χ3n) is 11.5. The molecule has 1 fully saturated rings. The molecule has 0 amide bonds. The molecule has 10 nitrogen and oxygen atoms in total. The van der Waals surface area contributed by atoms with Crippen molar-refractivity contribution in [2.75, 3.05) is 14.2 Å². The van der Waals surface area contributed by atoms with Crippen molar-refractivity contribution in [3.63, 3.8) is 0 Å². The van der Waals surface area contributed by atoms with Crippen molar-refractivity contribution >= 4 is 0 Å². The topological polar surface area (TPSA) is 165 Å². The van der Waals surface area contributed by atoms with Crippen LogP contribution in [0.3, 0.4) is 0 Å². The molecule has 1 aliphatic carbocycles. The van der Waals surface area contributed by atoms with E-state index < -0.39 is 11.8 Å². The van der Waals surface area contributed by atoms with E-state index in [1.807, 2.05) is 72.8 Å². The lowest BCUT2D eigenvalue weighted by atomic mass is 9.50. The number of hydrogen-bond acceptors (Lipinski definition) is 10. The number of nitriles is 4. The summed E-state index contributed by atoms with van der Waals surface area (Å²) in [7, 11) is 3.23. The van der Waals surface area contributed by atoms with Gasteiger partial charge in [-0.05, 0) is 57.3 Å². The van der Waals surface area contributed by atoms with Crippen LogP contribution in [0.4, 0.5) is 0 Å². The second-order valence-electron chi connectivity index (χ2n) is 17.1. The Balaban J connectivity index is 1.56. The van der Waals surface area contributed by atoms with Gasteiger partial charge in [0.15, 0.2) is 22.8 Å². The summed E-state index contributed by atoms with van der Waals surface area (Å²) in [5.74, 6) is -0.309. The standard InChI is InChI=1S/C50H44N8O2/c1-49(2,3)33-17-9-31(10-18-33)45-47(57-39(27-53)37(25-51)55-45)43-41(29-13-21-35(59-7)22-14-29)44(42(43)30-15-23-36(60-8)24-16-30)48-46(56-38(26-52)40(28-54)58-48)32-11-19-34(20-12-32)50(4,5)6/h9-24,41-44H,1-8H3. The van der Waals surface area contributed by atoms with Gasteiger partial charge < -0.3 is 9.47 Å². The van der Waals surface area contributed by atoms with Crippen LogP contribution in [0.2, 0.25) is 0 Å². The van der Waals surface area contributed by atoms with E-state index in [1.165, 1.54) is 0 Å². The van der Waals surface area contributed by atoms with E-state index in [0.29, 0.717) is 34.3 Å². The summed E-state index contributed by atoms with van der Waals surface area (Å²) in [6, 6.07) is 40.3. The molecule has 0 radical (unpaired) electrons. The van der Waals surface area contributed by atoms with E-state index in [-0.39, 0.29) is 45.4 Å². The van der Waals surface area contributed by atoms with Gasteiger partial charge in [0.2, 0.25) is 0 Å². The monoisotopic (exact) mass is 788 g/mol. The van der Waals surface area contributed by atoms with Crippen LogP contribution < -0.4 is 9.47 Å². The molecule has 1 saturated carbocycles. The van der Waals surface area contributed by atoms with Crippen LogP contribution in [-0.4, -0.2) is 34.2 Å². The van der Waals surface area contributed by atoms with Gasteiger partial charge in [-0.2, -0.15) is 21.0 Å². The largest absolute Gasteiger partial charge is 0.497 e. The summed E-state index contributed by atoms with van der Waals surface area (Å²) in [5.41, 5.74) is 7.20. The van der Waals surface area contributed by atoms with Gasteiger partial charge in [0.1, 0.15) is 35.8 Å². The fourth-order valence-electron chi connectivity index (χ4n) is 8.26. The van der Waals surface area contributed by atoms with Crippen LogP contribution in [0.5, 0.6) is 11.5 Å². The molecule has 0 atom stereocenters. The summed E-state index contributed by atoms with van der Waals surface area (Å²) in [4.78, 5) is 19.8. The van der Waals surface area contributed by atoms with E-state index in [2.05, 4.69) is 90.1 Å². The van der Waals surface area contributed by atoms with Gasteiger partial charge in [-0.3, -0.25) is 0 Å². The Morgan fingerprint density at radius 1 is 0.417 bits per heavy atom. The normalized spacial score (nSPS) is 17.3. The van der Waals surface area contributed by atoms with Crippen LogP contribution in [0.1, 0.15) is 122 Å². The van der Waals surface area contributed by atoms with Gasteiger partial charge in [-0.1, -0.05) is 114 Å². The van der Waals surface area contributed by atoms with Crippen molar-refractivity contribution in [1.82, 2.24) is 19.9 Å². The summed E-state index contributed by atoms with van der Waals surface area (Å²) in [6.07, 6.45) is 0. The molecule has 2 heterocycles. The number of aromatic nitrogens is 4. The zero-order valence-electron chi connectivity index (χ0n) is 34.9. The molecule has 0 bridgehead atoms. The maximum absolute atomic E-state index is 10.4. The number of rotatable bonds is 8. The molecular weight excluding hydrogens is 745 g/mol. The lowest BCUT2D eigenvalue weighted by Crippen LogP contribution is -2.42. The van der Waals surface area contributed by atoms with E-state index in [9.17, 15) is 21.0 Å². The summed E-state index contributed by atoms with van der Waals surface area (Å²) in [5, 5.41) is 41.2. The van der Waals surface area contributed by atoms with Crippen LogP contribution in [0.25, 0.3) is 22.5 Å². The second kappa shape index (κ2) is 16.1. The first kappa shape index (κ1) is 40.8. The summed E-state index contributed by atoms with van der Waals surface area (Å²) < 4.78 is 11.2. The molecule has 296 valence electrons. The van der Waals surface area contributed by atoms with Crippen molar-refractivity contribution < 1.29 is 9.47 Å². The van der Waals surface area contributed by atoms with Gasteiger partial charge in [-0.25, -0.2) is 19.9 Å². The molecule has 4 aromatic carbocycles. The zero-order valence-corrected chi connectivity index (χ0v) is 34.9. The highest BCUT2D eigenvalue weighted by Crippen LogP contribution is 2.67. The van der Waals surface area contributed by atoms with E-state index in [4.69, 9.17) is 29.4 Å². The molecule has 0 unspecified atom stereocenters. The highest BCUT2D eigenvalue weighted by atomic mass is 16.5. The Morgan fingerprint density at radius 3 is 0.983 bits per heavy atom. The minimum Gasteiger partial charge on any atom is -0.497 e. The first-order valence-electron chi connectivity index (χ1n) is 19.7. The predicted octanol–water partition coefficient (Wildman–Crippen LogP) is 10.1. The third kappa shape index (κ3) is 7.53. The average Bonchev–Trinajstić information content (AvgIpc) is 3.25. The van der Waals surface area contributed by atoms with Crippen LogP contribution in [-0.2, 0) is 10.8 Å². The Morgan fingerprint density at radius 2 is 0.717 bits per heavy atom.